The highest BCUT2D eigenvalue weighted by Crippen LogP contribution is 2.31. The molecule has 19 heavy (non-hydrogen) atoms. The van der Waals surface area contributed by atoms with Gasteiger partial charge in [0.25, 0.3) is 0 Å². The Morgan fingerprint density at radius 1 is 1.11 bits per heavy atom. The van der Waals surface area contributed by atoms with Crippen molar-refractivity contribution in [3.05, 3.63) is 24.3 Å². The van der Waals surface area contributed by atoms with Gasteiger partial charge in [0.15, 0.2) is 5.75 Å². The molecule has 1 saturated carbocycles. The van der Waals surface area contributed by atoms with Gasteiger partial charge in [0.1, 0.15) is 0 Å². The van der Waals surface area contributed by atoms with Crippen LogP contribution in [0.3, 0.4) is 0 Å². The number of rotatable bonds is 4. The van der Waals surface area contributed by atoms with Gasteiger partial charge in [-0.05, 0) is 30.9 Å². The maximum Gasteiger partial charge on any atom is 0.573 e. The molecule has 0 bridgehead atoms. The molecule has 0 radical (unpaired) electrons. The molecule has 0 aliphatic heterocycles. The molecule has 0 heterocycles. The number of ether oxygens (including phenoxy) is 1. The lowest BCUT2D eigenvalue weighted by molar-refractivity contribution is -0.274. The molecule has 1 fully saturated rings. The van der Waals surface area contributed by atoms with E-state index in [1.54, 1.807) is 12.1 Å². The summed E-state index contributed by atoms with van der Waals surface area (Å²) in [6.45, 7) is 0.707. The second-order valence-electron chi connectivity index (χ2n) is 4.93. The smallest absolute Gasteiger partial charge is 0.404 e. The van der Waals surface area contributed by atoms with Gasteiger partial charge in [-0.3, -0.25) is 0 Å². The van der Waals surface area contributed by atoms with Crippen LogP contribution in [-0.2, 0) is 0 Å². The number of benzene rings is 1. The number of alkyl halides is 3. The zero-order chi connectivity index (χ0) is 13.7. The Kier molecular flexibility index (Phi) is 4.56. The summed E-state index contributed by atoms with van der Waals surface area (Å²) in [5.41, 5.74) is 0.408. The van der Waals surface area contributed by atoms with Crippen molar-refractivity contribution in [2.45, 2.75) is 38.5 Å². The number of para-hydroxylation sites is 2. The molecule has 1 aliphatic carbocycles. The largest absolute Gasteiger partial charge is 0.573 e. The van der Waals surface area contributed by atoms with Crippen LogP contribution in [0.25, 0.3) is 0 Å². The predicted molar refractivity (Wildman–Crippen MR) is 68.2 cm³/mol. The van der Waals surface area contributed by atoms with E-state index in [1.807, 2.05) is 0 Å². The lowest BCUT2D eigenvalue weighted by atomic mass is 9.89. The fourth-order valence-electron chi connectivity index (χ4n) is 2.47. The van der Waals surface area contributed by atoms with Gasteiger partial charge in [-0.1, -0.05) is 31.4 Å². The Morgan fingerprint density at radius 3 is 2.47 bits per heavy atom. The Balaban J connectivity index is 1.95. The Bertz CT molecular complexity index is 400. The maximum atomic E-state index is 12.3. The third-order valence-electron chi connectivity index (χ3n) is 3.42. The predicted octanol–water partition coefficient (Wildman–Crippen LogP) is 4.58. The topological polar surface area (TPSA) is 21.3 Å². The number of nitrogens with one attached hydrogen (secondary N) is 1. The zero-order valence-electron chi connectivity index (χ0n) is 10.7. The Labute approximate surface area is 111 Å². The van der Waals surface area contributed by atoms with E-state index in [-0.39, 0.29) is 5.75 Å². The van der Waals surface area contributed by atoms with Crippen LogP contribution in [0, 0.1) is 5.92 Å². The normalized spacial score (nSPS) is 17.2. The van der Waals surface area contributed by atoms with Crippen molar-refractivity contribution in [3.8, 4) is 5.75 Å². The van der Waals surface area contributed by atoms with Crippen molar-refractivity contribution in [1.29, 1.82) is 0 Å². The number of hydrogen-bond acceptors (Lipinski definition) is 2. The molecule has 0 saturated heterocycles. The van der Waals surface area contributed by atoms with Gasteiger partial charge in [0.05, 0.1) is 5.69 Å². The summed E-state index contributed by atoms with van der Waals surface area (Å²) < 4.78 is 40.8. The second kappa shape index (κ2) is 6.17. The fourth-order valence-corrected chi connectivity index (χ4v) is 2.47. The highest BCUT2D eigenvalue weighted by Gasteiger charge is 2.32. The van der Waals surface area contributed by atoms with Crippen molar-refractivity contribution in [2.24, 2.45) is 5.92 Å². The number of hydrogen-bond donors (Lipinski definition) is 1. The van der Waals surface area contributed by atoms with Gasteiger partial charge in [0, 0.05) is 6.54 Å². The van der Waals surface area contributed by atoms with E-state index in [0.29, 0.717) is 18.2 Å². The molecule has 0 amide bonds. The first kappa shape index (κ1) is 14.0. The minimum atomic E-state index is -4.65. The van der Waals surface area contributed by atoms with Gasteiger partial charge in [0.2, 0.25) is 0 Å². The average molecular weight is 273 g/mol. The molecule has 1 aromatic rings. The summed E-state index contributed by atoms with van der Waals surface area (Å²) in [5.74, 6) is 0.388. The van der Waals surface area contributed by atoms with Crippen molar-refractivity contribution < 1.29 is 17.9 Å². The quantitative estimate of drug-likeness (QED) is 0.867. The lowest BCUT2D eigenvalue weighted by Gasteiger charge is -2.23. The van der Waals surface area contributed by atoms with Crippen molar-refractivity contribution in [1.82, 2.24) is 0 Å². The van der Waals surface area contributed by atoms with E-state index in [1.165, 1.54) is 31.4 Å². The van der Waals surface area contributed by atoms with Crippen LogP contribution in [-0.4, -0.2) is 12.9 Å². The third-order valence-corrected chi connectivity index (χ3v) is 3.42. The van der Waals surface area contributed by atoms with Crippen molar-refractivity contribution in [2.75, 3.05) is 11.9 Å². The van der Waals surface area contributed by atoms with Gasteiger partial charge in [-0.15, -0.1) is 13.2 Å². The van der Waals surface area contributed by atoms with Crippen LogP contribution in [0.5, 0.6) is 5.75 Å². The Hall–Kier alpha value is -1.39. The summed E-state index contributed by atoms with van der Waals surface area (Å²) >= 11 is 0. The van der Waals surface area contributed by atoms with E-state index in [0.717, 1.165) is 12.8 Å². The van der Waals surface area contributed by atoms with Gasteiger partial charge in [-0.2, -0.15) is 0 Å². The first-order valence-corrected chi connectivity index (χ1v) is 6.63. The van der Waals surface area contributed by atoms with Crippen molar-refractivity contribution in [3.63, 3.8) is 0 Å². The monoisotopic (exact) mass is 273 g/mol. The SMILES string of the molecule is FC(F)(F)Oc1ccccc1NCC1CCCCC1. The van der Waals surface area contributed by atoms with Crippen LogP contribution < -0.4 is 10.1 Å². The summed E-state index contributed by atoms with van der Waals surface area (Å²) in [7, 11) is 0. The minimum Gasteiger partial charge on any atom is -0.404 e. The highest BCUT2D eigenvalue weighted by atomic mass is 19.4. The standard InChI is InChI=1S/C14H18F3NO/c15-14(16,17)19-13-9-5-4-8-12(13)18-10-11-6-2-1-3-7-11/h4-5,8-9,11,18H,1-3,6-7,10H2. The second-order valence-corrected chi connectivity index (χ2v) is 4.93. The summed E-state index contributed by atoms with van der Waals surface area (Å²) in [6, 6.07) is 6.18. The molecular weight excluding hydrogens is 255 g/mol. The Morgan fingerprint density at radius 2 is 1.79 bits per heavy atom. The molecule has 106 valence electrons. The average Bonchev–Trinajstić information content (AvgIpc) is 2.37. The van der Waals surface area contributed by atoms with Gasteiger partial charge < -0.3 is 10.1 Å². The molecule has 0 spiro atoms. The number of halogens is 3. The minimum absolute atomic E-state index is 0.161. The fraction of sp³-hybridized carbons (Fsp3) is 0.571. The number of anilines is 1. The zero-order valence-corrected chi connectivity index (χ0v) is 10.7. The molecule has 1 aromatic carbocycles. The van der Waals surface area contributed by atoms with E-state index in [4.69, 9.17) is 0 Å². The lowest BCUT2D eigenvalue weighted by Crippen LogP contribution is -2.20. The van der Waals surface area contributed by atoms with E-state index in [2.05, 4.69) is 10.1 Å². The molecule has 0 unspecified atom stereocenters. The molecule has 1 aliphatic rings. The van der Waals surface area contributed by atoms with Gasteiger partial charge >= 0.3 is 6.36 Å². The van der Waals surface area contributed by atoms with Crippen LogP contribution in [0.1, 0.15) is 32.1 Å². The van der Waals surface area contributed by atoms with E-state index < -0.39 is 6.36 Å². The molecule has 0 atom stereocenters. The molecule has 2 rings (SSSR count). The van der Waals surface area contributed by atoms with Crippen LogP contribution in [0.4, 0.5) is 18.9 Å². The van der Waals surface area contributed by atoms with E-state index >= 15 is 0 Å². The van der Waals surface area contributed by atoms with Crippen molar-refractivity contribution >= 4 is 5.69 Å². The first-order valence-electron chi connectivity index (χ1n) is 6.63. The highest BCUT2D eigenvalue weighted by molar-refractivity contribution is 5.56. The van der Waals surface area contributed by atoms with E-state index in [9.17, 15) is 13.2 Å². The molecular formula is C14H18F3NO. The summed E-state index contributed by atoms with van der Waals surface area (Å²) in [6.07, 6.45) is 1.34. The maximum absolute atomic E-state index is 12.3. The van der Waals surface area contributed by atoms with Crippen LogP contribution in [0.2, 0.25) is 0 Å². The molecule has 0 aromatic heterocycles. The molecule has 2 nitrogen and oxygen atoms in total. The third kappa shape index (κ3) is 4.65. The summed E-state index contributed by atoms with van der Waals surface area (Å²) in [4.78, 5) is 0. The van der Waals surface area contributed by atoms with Gasteiger partial charge in [-0.25, -0.2) is 0 Å². The van der Waals surface area contributed by atoms with Crippen LogP contribution in [0.15, 0.2) is 24.3 Å². The molecule has 1 N–H and O–H groups in total. The summed E-state index contributed by atoms with van der Waals surface area (Å²) in [5, 5.41) is 3.08. The van der Waals surface area contributed by atoms with Crippen LogP contribution >= 0.6 is 0 Å². The molecule has 5 heteroatoms. The first-order chi connectivity index (χ1) is 9.04.